The van der Waals surface area contributed by atoms with Crippen LogP contribution in [0, 0.1) is 0 Å². The Morgan fingerprint density at radius 1 is 1.17 bits per heavy atom. The fourth-order valence-electron chi connectivity index (χ4n) is 4.65. The molecule has 17 nitrogen and oxygen atoms in total. The van der Waals surface area contributed by atoms with Crippen molar-refractivity contribution in [3.63, 3.8) is 0 Å². The van der Waals surface area contributed by atoms with Gasteiger partial charge in [-0.05, 0) is 41.7 Å². The molecule has 1 saturated heterocycles. The number of β-lactam (4-membered cyclic amide) rings is 1. The highest BCUT2D eigenvalue weighted by atomic mass is 32.2. The number of anilines is 2. The first kappa shape index (κ1) is 41.3. The molecule has 0 spiro atoms. The Morgan fingerprint density at radius 3 is 2.37 bits per heavy atom. The lowest BCUT2D eigenvalue weighted by Gasteiger charge is -2.49. The molecule has 2 aromatic heterocycles. The van der Waals surface area contributed by atoms with Gasteiger partial charge in [-0.15, -0.1) is 23.1 Å². The van der Waals surface area contributed by atoms with Gasteiger partial charge in [0.05, 0.1) is 12.6 Å². The molecule has 2 aliphatic rings. The van der Waals surface area contributed by atoms with Gasteiger partial charge in [0.15, 0.2) is 10.8 Å². The number of alkyl halides is 3. The smallest absolute Gasteiger partial charge is 0.430 e. The Hall–Kier alpha value is -5.42. The fraction of sp³-hybridized carbons (Fsp3) is 0.323. The van der Waals surface area contributed by atoms with Crippen LogP contribution < -0.4 is 26.5 Å². The van der Waals surface area contributed by atoms with Crippen LogP contribution in [0.4, 0.5) is 24.1 Å². The predicted octanol–water partition coefficient (Wildman–Crippen LogP) is 0.531. The summed E-state index contributed by atoms with van der Waals surface area (Å²) in [6, 6.07) is 8.77. The summed E-state index contributed by atoms with van der Waals surface area (Å²) in [5.41, 5.74) is 12.1. The molecule has 1 aromatic carbocycles. The van der Waals surface area contributed by atoms with Crippen LogP contribution in [0.2, 0.25) is 0 Å². The maximum atomic E-state index is 13.3. The number of thioether (sulfide) groups is 2. The molecule has 23 heteroatoms. The number of carbonyl (C=O) groups is 5. The van der Waals surface area contributed by atoms with Crippen molar-refractivity contribution in [2.75, 3.05) is 23.0 Å². The number of carbonyl (C=O) groups excluding carboxylic acids is 3. The van der Waals surface area contributed by atoms with Crippen molar-refractivity contribution < 1.29 is 61.9 Å². The molecule has 4 heterocycles. The van der Waals surface area contributed by atoms with E-state index in [9.17, 15) is 42.6 Å². The van der Waals surface area contributed by atoms with Gasteiger partial charge < -0.3 is 41.7 Å². The molecular weight excluding hydrogens is 782 g/mol. The van der Waals surface area contributed by atoms with Crippen LogP contribution in [0.5, 0.6) is 0 Å². The van der Waals surface area contributed by atoms with E-state index in [1.807, 2.05) is 48.1 Å². The van der Waals surface area contributed by atoms with Gasteiger partial charge in [-0.3, -0.25) is 14.5 Å². The van der Waals surface area contributed by atoms with Crippen LogP contribution in [0.25, 0.3) is 0 Å². The number of halogens is 3. The summed E-state index contributed by atoms with van der Waals surface area (Å²) < 4.78 is 33.4. The molecule has 5 rings (SSSR count). The van der Waals surface area contributed by atoms with E-state index >= 15 is 0 Å². The van der Waals surface area contributed by atoms with E-state index in [1.54, 1.807) is 0 Å². The number of oxime groups is 1. The van der Waals surface area contributed by atoms with E-state index in [2.05, 4.69) is 20.4 Å². The first-order chi connectivity index (χ1) is 25.2. The number of rotatable bonds is 12. The number of thiazole rings is 1. The van der Waals surface area contributed by atoms with Gasteiger partial charge in [-0.1, -0.05) is 35.5 Å². The number of benzene rings is 1. The number of nitrogens with zero attached hydrogens (tertiary/aromatic N) is 5. The zero-order valence-corrected chi connectivity index (χ0v) is 30.8. The van der Waals surface area contributed by atoms with Crippen LogP contribution in [-0.2, 0) is 42.3 Å². The summed E-state index contributed by atoms with van der Waals surface area (Å²) >= 11 is 3.62. The van der Waals surface area contributed by atoms with Gasteiger partial charge in [0.2, 0.25) is 11.4 Å². The molecular formula is C31H31F3N8O9S3. The summed E-state index contributed by atoms with van der Waals surface area (Å²) in [5.74, 6) is -6.22. The minimum Gasteiger partial charge on any atom is -0.542 e. The molecule has 0 aliphatic carbocycles. The third-order valence-electron chi connectivity index (χ3n) is 7.44. The molecule has 1 fully saturated rings. The first-order valence-corrected chi connectivity index (χ1v) is 18.1. The molecule has 2 unspecified atom stereocenters. The minimum absolute atomic E-state index is 0.0204. The van der Waals surface area contributed by atoms with Gasteiger partial charge in [0.1, 0.15) is 35.0 Å². The van der Waals surface area contributed by atoms with Gasteiger partial charge in [-0.25, -0.2) is 19.1 Å². The molecule has 0 radical (unpaired) electrons. The molecule has 2 atom stereocenters. The molecule has 288 valence electrons. The summed E-state index contributed by atoms with van der Waals surface area (Å²) in [7, 11) is 1.83. The third-order valence-corrected chi connectivity index (χ3v) is 10.6. The summed E-state index contributed by atoms with van der Waals surface area (Å²) in [6.45, 7) is 2.49. The third kappa shape index (κ3) is 9.76. The average molecular weight is 813 g/mol. The molecule has 54 heavy (non-hydrogen) atoms. The van der Waals surface area contributed by atoms with Crippen molar-refractivity contribution in [2.45, 2.75) is 48.6 Å². The number of hydrogen-bond donors (Lipinski definition) is 5. The summed E-state index contributed by atoms with van der Waals surface area (Å²) in [6.07, 6.45) is -2.69. The topological polar surface area (TPSA) is 267 Å². The first-order valence-electron chi connectivity index (χ1n) is 15.2. The van der Waals surface area contributed by atoms with E-state index in [0.29, 0.717) is 23.0 Å². The molecule has 7 N–H and O–H groups in total. The standard InChI is InChI=1S/C29H30N8O7S3.C2HF3O2/c1-29(2,26(42)43)44-35-18(17-13-46-27(31)32-17)22(38)33-19-23(39)37-20(25(40)41)16(11-45-24(19)37)12-47-28-34-21(30)15(10-36(28)3)9-14-7-5-4-6-8-14;3-2(4,5)1(6)7/h4-8,10,13,19,24,30H,9,11-12H2,1-3H3,(H5,31,32,33,38,40,41,42,43);(H,6,7)/b35-18-;. The Labute approximate surface area is 316 Å². The average Bonchev–Trinajstić information content (AvgIpc) is 3.53. The Balaban J connectivity index is 0.000000845. The maximum absolute atomic E-state index is 13.3. The Bertz CT molecular complexity index is 2030. The molecule has 2 aliphatic heterocycles. The van der Waals surface area contributed by atoms with Crippen molar-refractivity contribution >= 4 is 81.2 Å². The number of hydrogen-bond acceptors (Lipinski definition) is 15. The van der Waals surface area contributed by atoms with E-state index in [0.717, 1.165) is 27.4 Å². The molecule has 3 aromatic rings. The number of aryl methyl sites for hydroxylation is 1. The monoisotopic (exact) mass is 812 g/mol. The van der Waals surface area contributed by atoms with Crippen LogP contribution in [-0.4, -0.2) is 95.2 Å². The van der Waals surface area contributed by atoms with Gasteiger partial charge in [0, 0.05) is 23.3 Å². The number of fused-ring (bicyclic) bond motifs is 1. The van der Waals surface area contributed by atoms with Gasteiger partial charge >= 0.3 is 23.3 Å². The van der Waals surface area contributed by atoms with Crippen LogP contribution in [0.1, 0.15) is 30.7 Å². The van der Waals surface area contributed by atoms with Gasteiger partial charge in [-0.2, -0.15) is 13.2 Å². The second kappa shape index (κ2) is 16.7. The zero-order chi connectivity index (χ0) is 40.1. The van der Waals surface area contributed by atoms with E-state index in [1.165, 1.54) is 42.8 Å². The molecule has 2 amide bonds. The number of nitrogens with two attached hydrogens (primary N) is 2. The lowest BCUT2D eigenvalue weighted by atomic mass is 10.0. The largest absolute Gasteiger partial charge is 0.542 e. The molecule has 0 saturated carbocycles. The van der Waals surface area contributed by atoms with Crippen molar-refractivity contribution in [2.24, 2.45) is 12.2 Å². The lowest BCUT2D eigenvalue weighted by molar-refractivity contribution is -0.713. The van der Waals surface area contributed by atoms with Crippen molar-refractivity contribution in [3.8, 4) is 0 Å². The van der Waals surface area contributed by atoms with E-state index < -0.39 is 52.9 Å². The zero-order valence-electron chi connectivity index (χ0n) is 28.3. The predicted molar refractivity (Wildman–Crippen MR) is 186 cm³/mol. The quantitative estimate of drug-likeness (QED) is 0.0417. The van der Waals surface area contributed by atoms with Gasteiger partial charge in [0.25, 0.3) is 11.8 Å². The SMILES string of the molecule is C[n+]1cc(Cc2ccccc2)c(N)nc1SCC1=C(C(=O)O)N2C(=O)C(NC(=O)/C(=N\OC(C)(C)C(=O)O)c3csc(N)n3)C2SC1.O=C([O-])C(F)(F)F. The van der Waals surface area contributed by atoms with Crippen molar-refractivity contribution in [3.05, 3.63) is 70.0 Å². The van der Waals surface area contributed by atoms with E-state index in [-0.39, 0.29) is 33.7 Å². The number of aliphatic carboxylic acids is 3. The second-order valence-electron chi connectivity index (χ2n) is 11.8. The summed E-state index contributed by atoms with van der Waals surface area (Å²) in [5, 5.41) is 36.0. The van der Waals surface area contributed by atoms with Crippen molar-refractivity contribution in [1.82, 2.24) is 20.2 Å². The van der Waals surface area contributed by atoms with Crippen LogP contribution >= 0.6 is 34.9 Å². The number of nitrogens with one attached hydrogen (secondary N) is 1. The van der Waals surface area contributed by atoms with Crippen LogP contribution in [0.3, 0.4) is 0 Å². The highest BCUT2D eigenvalue weighted by molar-refractivity contribution is 8.01. The Kier molecular flexibility index (Phi) is 12.8. The summed E-state index contributed by atoms with van der Waals surface area (Å²) in [4.78, 5) is 74.1. The second-order valence-corrected chi connectivity index (χ2v) is 14.8. The minimum atomic E-state index is -5.19. The van der Waals surface area contributed by atoms with Crippen molar-refractivity contribution in [1.29, 1.82) is 0 Å². The number of aromatic nitrogens is 3. The fourth-order valence-corrected chi connectivity index (χ4v) is 7.63. The number of amides is 2. The Morgan fingerprint density at radius 2 is 1.81 bits per heavy atom. The van der Waals surface area contributed by atoms with E-state index in [4.69, 9.17) is 26.2 Å². The normalized spacial score (nSPS) is 17.1. The molecule has 0 bridgehead atoms. The number of nitrogen functional groups attached to an aromatic ring is 2. The number of carboxylic acid groups (broad SMARTS) is 3. The highest BCUT2D eigenvalue weighted by Gasteiger charge is 2.54. The van der Waals surface area contributed by atoms with Crippen LogP contribution in [0.15, 0.2) is 63.5 Å². The lowest BCUT2D eigenvalue weighted by Crippen LogP contribution is -2.71. The highest BCUT2D eigenvalue weighted by Crippen LogP contribution is 2.41. The maximum Gasteiger partial charge on any atom is 0.430 e. The number of carboxylic acids is 3.